The van der Waals surface area contributed by atoms with Crippen LogP contribution in [-0.2, 0) is 16.0 Å². The van der Waals surface area contributed by atoms with Gasteiger partial charge in [0.05, 0.1) is 11.5 Å². The van der Waals surface area contributed by atoms with Crippen molar-refractivity contribution in [1.29, 1.82) is 0 Å². The molecular formula is C24H34FNO4. The van der Waals surface area contributed by atoms with Gasteiger partial charge >= 0.3 is 6.09 Å². The third kappa shape index (κ3) is 7.93. The van der Waals surface area contributed by atoms with E-state index in [2.05, 4.69) is 11.9 Å². The normalized spacial score (nSPS) is 12.8. The maximum absolute atomic E-state index is 15.3. The van der Waals surface area contributed by atoms with Gasteiger partial charge in [0.15, 0.2) is 0 Å². The number of alkyl carbamates (subject to hydrolysis) is 1. The van der Waals surface area contributed by atoms with E-state index in [0.717, 1.165) is 0 Å². The highest BCUT2D eigenvalue weighted by Crippen LogP contribution is 2.28. The first-order valence-electron chi connectivity index (χ1n) is 10.2. The summed E-state index contributed by atoms with van der Waals surface area (Å²) in [5, 5.41) is 13.0. The SMILES string of the molecule is C=C(CC)O/C(=C/C(=C(/O)CC)c1cccc(CNC(=O)OC(C)(C)C)c1F)CC. The zero-order valence-corrected chi connectivity index (χ0v) is 18.9. The molecule has 0 saturated carbocycles. The molecular weight excluding hydrogens is 385 g/mol. The zero-order chi connectivity index (χ0) is 22.9. The minimum absolute atomic E-state index is 0.0394. The number of ether oxygens (including phenoxy) is 2. The monoisotopic (exact) mass is 419 g/mol. The number of amides is 1. The Hall–Kier alpha value is -2.76. The van der Waals surface area contributed by atoms with Crippen LogP contribution >= 0.6 is 0 Å². The lowest BCUT2D eigenvalue weighted by molar-refractivity contribution is 0.0523. The van der Waals surface area contributed by atoms with Crippen LogP contribution in [0.2, 0.25) is 0 Å². The number of rotatable bonds is 9. The van der Waals surface area contributed by atoms with Crippen molar-refractivity contribution in [3.8, 4) is 0 Å². The highest BCUT2D eigenvalue weighted by atomic mass is 19.1. The molecule has 166 valence electrons. The number of hydrogen-bond donors (Lipinski definition) is 2. The van der Waals surface area contributed by atoms with Gasteiger partial charge in [-0.3, -0.25) is 0 Å². The van der Waals surface area contributed by atoms with Crippen LogP contribution in [-0.4, -0.2) is 16.8 Å². The average Bonchev–Trinajstić information content (AvgIpc) is 2.68. The number of nitrogens with one attached hydrogen (secondary N) is 1. The Morgan fingerprint density at radius 3 is 2.40 bits per heavy atom. The van der Waals surface area contributed by atoms with Crippen LogP contribution in [0, 0.1) is 5.82 Å². The van der Waals surface area contributed by atoms with Crippen LogP contribution < -0.4 is 5.32 Å². The molecule has 0 spiro atoms. The summed E-state index contributed by atoms with van der Waals surface area (Å²) in [6, 6.07) is 4.85. The molecule has 0 fully saturated rings. The predicted molar refractivity (Wildman–Crippen MR) is 118 cm³/mol. The van der Waals surface area contributed by atoms with Crippen molar-refractivity contribution < 1.29 is 23.8 Å². The van der Waals surface area contributed by atoms with Crippen molar-refractivity contribution in [3.63, 3.8) is 0 Å². The fraction of sp³-hybridized carbons (Fsp3) is 0.458. The van der Waals surface area contributed by atoms with E-state index in [-0.39, 0.29) is 23.4 Å². The number of aliphatic hydroxyl groups is 1. The van der Waals surface area contributed by atoms with E-state index in [1.807, 2.05) is 13.8 Å². The van der Waals surface area contributed by atoms with Gasteiger partial charge in [0.25, 0.3) is 0 Å². The van der Waals surface area contributed by atoms with Gasteiger partial charge < -0.3 is 19.9 Å². The summed E-state index contributed by atoms with van der Waals surface area (Å²) in [4.78, 5) is 11.9. The molecule has 1 rings (SSSR count). The molecule has 0 aliphatic rings. The van der Waals surface area contributed by atoms with Gasteiger partial charge in [-0.2, -0.15) is 0 Å². The van der Waals surface area contributed by atoms with Crippen LogP contribution in [0.4, 0.5) is 9.18 Å². The van der Waals surface area contributed by atoms with Crippen molar-refractivity contribution in [2.24, 2.45) is 0 Å². The van der Waals surface area contributed by atoms with Gasteiger partial charge in [0.2, 0.25) is 0 Å². The fourth-order valence-electron chi connectivity index (χ4n) is 2.54. The van der Waals surface area contributed by atoms with Gasteiger partial charge in [-0.15, -0.1) is 0 Å². The smallest absolute Gasteiger partial charge is 0.407 e. The predicted octanol–water partition coefficient (Wildman–Crippen LogP) is 6.76. The summed E-state index contributed by atoms with van der Waals surface area (Å²) in [5.41, 5.74) is 0.214. The van der Waals surface area contributed by atoms with Crippen LogP contribution in [0.15, 0.2) is 48.1 Å². The number of benzene rings is 1. The number of carbonyl (C=O) groups is 1. The van der Waals surface area contributed by atoms with Gasteiger partial charge in [-0.1, -0.05) is 45.5 Å². The highest BCUT2D eigenvalue weighted by Gasteiger charge is 2.18. The Labute approximate surface area is 179 Å². The van der Waals surface area contributed by atoms with Gasteiger partial charge in [0.1, 0.15) is 17.2 Å². The summed E-state index contributed by atoms with van der Waals surface area (Å²) in [5.74, 6) is 0.690. The first-order valence-corrected chi connectivity index (χ1v) is 10.2. The fourth-order valence-corrected chi connectivity index (χ4v) is 2.54. The molecule has 0 aromatic heterocycles. The summed E-state index contributed by atoms with van der Waals surface area (Å²) in [6.45, 7) is 14.7. The lowest BCUT2D eigenvalue weighted by Crippen LogP contribution is -2.32. The number of hydrogen-bond acceptors (Lipinski definition) is 4. The van der Waals surface area contributed by atoms with Crippen LogP contribution in [0.25, 0.3) is 5.57 Å². The molecule has 1 aromatic rings. The summed E-state index contributed by atoms with van der Waals surface area (Å²) in [6.07, 6.45) is 2.55. The third-order valence-electron chi connectivity index (χ3n) is 4.16. The lowest BCUT2D eigenvalue weighted by Gasteiger charge is -2.20. The second-order valence-corrected chi connectivity index (χ2v) is 7.81. The van der Waals surface area contributed by atoms with Crippen molar-refractivity contribution in [1.82, 2.24) is 5.32 Å². The second-order valence-electron chi connectivity index (χ2n) is 7.81. The molecule has 0 saturated heterocycles. The van der Waals surface area contributed by atoms with Crippen LogP contribution in [0.1, 0.15) is 71.9 Å². The molecule has 0 bridgehead atoms. The Bertz CT molecular complexity index is 819. The summed E-state index contributed by atoms with van der Waals surface area (Å²) < 4.78 is 26.2. The molecule has 30 heavy (non-hydrogen) atoms. The lowest BCUT2D eigenvalue weighted by atomic mass is 9.99. The molecule has 1 aromatic carbocycles. The summed E-state index contributed by atoms with van der Waals surface area (Å²) in [7, 11) is 0. The Balaban J connectivity index is 3.24. The highest BCUT2D eigenvalue weighted by molar-refractivity contribution is 5.77. The van der Waals surface area contributed by atoms with Crippen molar-refractivity contribution in [2.45, 2.75) is 73.0 Å². The molecule has 0 atom stereocenters. The molecule has 0 aliphatic heterocycles. The van der Waals surface area contributed by atoms with Crippen molar-refractivity contribution in [2.75, 3.05) is 0 Å². The molecule has 1 amide bonds. The molecule has 6 heteroatoms. The van der Waals surface area contributed by atoms with Crippen LogP contribution in [0.5, 0.6) is 0 Å². The number of halogens is 1. The Morgan fingerprint density at radius 2 is 1.87 bits per heavy atom. The minimum Gasteiger partial charge on any atom is -0.512 e. The number of carbonyl (C=O) groups excluding carboxylic acids is 1. The molecule has 0 radical (unpaired) electrons. The third-order valence-corrected chi connectivity index (χ3v) is 4.16. The number of aliphatic hydroxyl groups excluding tert-OH is 1. The molecule has 0 heterocycles. The van der Waals surface area contributed by atoms with Crippen molar-refractivity contribution >= 4 is 11.7 Å². The minimum atomic E-state index is -0.642. The average molecular weight is 420 g/mol. The molecule has 0 aliphatic carbocycles. The largest absolute Gasteiger partial charge is 0.512 e. The van der Waals surface area contributed by atoms with Gasteiger partial charge in [-0.05, 0) is 26.8 Å². The molecule has 2 N–H and O–H groups in total. The van der Waals surface area contributed by atoms with E-state index < -0.39 is 17.5 Å². The Kier molecular flexibility index (Phi) is 9.63. The summed E-state index contributed by atoms with van der Waals surface area (Å²) >= 11 is 0. The first kappa shape index (κ1) is 25.3. The van der Waals surface area contributed by atoms with Crippen LogP contribution in [0.3, 0.4) is 0 Å². The van der Waals surface area contributed by atoms with E-state index in [1.165, 1.54) is 0 Å². The van der Waals surface area contributed by atoms with Crippen molar-refractivity contribution in [3.05, 3.63) is 65.1 Å². The molecule has 5 nitrogen and oxygen atoms in total. The molecule has 0 unspecified atom stereocenters. The maximum atomic E-state index is 15.3. The van der Waals surface area contributed by atoms with E-state index in [9.17, 15) is 9.90 Å². The quantitative estimate of drug-likeness (QED) is 0.343. The Morgan fingerprint density at radius 1 is 1.20 bits per heavy atom. The standard InChI is InChI=1S/C24H34FNO4/c1-8-16(4)29-18(9-2)14-20(21(27)10-3)19-13-11-12-17(22(19)25)15-26-23(28)30-24(5,6)7/h11-14,27H,4,8-10,15H2,1-3,5-7H3,(H,26,28)/b18-14+,21-20-. The van der Waals surface area contributed by atoms with E-state index in [4.69, 9.17) is 9.47 Å². The second kappa shape index (κ2) is 11.4. The van der Waals surface area contributed by atoms with Gasteiger partial charge in [0, 0.05) is 42.5 Å². The zero-order valence-electron chi connectivity index (χ0n) is 18.9. The first-order chi connectivity index (χ1) is 14.0. The van der Waals surface area contributed by atoms with E-state index in [0.29, 0.717) is 36.4 Å². The van der Waals surface area contributed by atoms with E-state index >= 15 is 4.39 Å². The topological polar surface area (TPSA) is 67.8 Å². The van der Waals surface area contributed by atoms with Gasteiger partial charge in [-0.25, -0.2) is 9.18 Å². The van der Waals surface area contributed by atoms with E-state index in [1.54, 1.807) is 52.0 Å². The number of allylic oxidation sites excluding steroid dienone is 5. The maximum Gasteiger partial charge on any atom is 0.407 e.